The summed E-state index contributed by atoms with van der Waals surface area (Å²) < 4.78 is 5.35. The van der Waals surface area contributed by atoms with Crippen LogP contribution in [0.25, 0.3) is 6.08 Å². The number of hydrogen-bond acceptors (Lipinski definition) is 3. The summed E-state index contributed by atoms with van der Waals surface area (Å²) in [5, 5.41) is 2.87. The maximum absolute atomic E-state index is 11.9. The predicted molar refractivity (Wildman–Crippen MR) is 93.6 cm³/mol. The molecule has 1 aliphatic heterocycles. The van der Waals surface area contributed by atoms with Gasteiger partial charge in [-0.1, -0.05) is 30.3 Å². The third-order valence-corrected chi connectivity index (χ3v) is 3.74. The number of nitrogens with one attached hydrogen (secondary N) is 1. The van der Waals surface area contributed by atoms with Gasteiger partial charge in [-0.3, -0.25) is 4.79 Å². The lowest BCUT2D eigenvalue weighted by Crippen LogP contribution is -2.36. The zero-order valence-electron chi connectivity index (χ0n) is 12.9. The number of carbonyl (C=O) groups is 1. The molecule has 2 aromatic rings. The molecule has 1 heterocycles. The number of anilines is 2. The first-order chi connectivity index (χ1) is 11.3. The fraction of sp³-hybridized carbons (Fsp3) is 0.211. The highest BCUT2D eigenvalue weighted by Crippen LogP contribution is 2.19. The van der Waals surface area contributed by atoms with Crippen molar-refractivity contribution in [3.8, 4) is 0 Å². The third kappa shape index (κ3) is 4.44. The molecule has 0 spiro atoms. The van der Waals surface area contributed by atoms with Gasteiger partial charge in [0.1, 0.15) is 0 Å². The van der Waals surface area contributed by atoms with Gasteiger partial charge < -0.3 is 15.0 Å². The van der Waals surface area contributed by atoms with Gasteiger partial charge in [-0.25, -0.2) is 0 Å². The molecule has 1 saturated heterocycles. The van der Waals surface area contributed by atoms with Gasteiger partial charge in [-0.15, -0.1) is 0 Å². The van der Waals surface area contributed by atoms with E-state index in [1.165, 1.54) is 0 Å². The summed E-state index contributed by atoms with van der Waals surface area (Å²) in [7, 11) is 0. The van der Waals surface area contributed by atoms with E-state index >= 15 is 0 Å². The second-order valence-corrected chi connectivity index (χ2v) is 5.38. The molecule has 2 aromatic carbocycles. The Morgan fingerprint density at radius 3 is 2.39 bits per heavy atom. The van der Waals surface area contributed by atoms with Crippen LogP contribution in [-0.4, -0.2) is 32.2 Å². The van der Waals surface area contributed by atoms with Crippen LogP contribution in [-0.2, 0) is 9.53 Å². The molecule has 1 fully saturated rings. The van der Waals surface area contributed by atoms with Crippen LogP contribution in [0.3, 0.4) is 0 Å². The van der Waals surface area contributed by atoms with Crippen molar-refractivity contribution < 1.29 is 9.53 Å². The van der Waals surface area contributed by atoms with E-state index < -0.39 is 0 Å². The molecule has 4 heteroatoms. The van der Waals surface area contributed by atoms with Crippen LogP contribution in [0.4, 0.5) is 11.4 Å². The van der Waals surface area contributed by atoms with E-state index in [0.717, 1.165) is 43.2 Å². The van der Waals surface area contributed by atoms with Crippen molar-refractivity contribution in [1.29, 1.82) is 0 Å². The van der Waals surface area contributed by atoms with Crippen LogP contribution in [0.1, 0.15) is 5.56 Å². The molecular formula is C19H20N2O2. The molecule has 0 atom stereocenters. The van der Waals surface area contributed by atoms with Gasteiger partial charge in [0.25, 0.3) is 0 Å². The fourth-order valence-electron chi connectivity index (χ4n) is 2.50. The normalized spacial score (nSPS) is 14.9. The van der Waals surface area contributed by atoms with Gasteiger partial charge >= 0.3 is 0 Å². The van der Waals surface area contributed by atoms with Crippen LogP contribution in [0.2, 0.25) is 0 Å². The summed E-state index contributed by atoms with van der Waals surface area (Å²) >= 11 is 0. The molecule has 0 unspecified atom stereocenters. The van der Waals surface area contributed by atoms with E-state index in [2.05, 4.69) is 10.2 Å². The Labute approximate surface area is 136 Å². The Morgan fingerprint density at radius 1 is 1.00 bits per heavy atom. The van der Waals surface area contributed by atoms with Crippen LogP contribution in [0.5, 0.6) is 0 Å². The van der Waals surface area contributed by atoms with E-state index in [-0.39, 0.29) is 5.91 Å². The van der Waals surface area contributed by atoms with Crippen LogP contribution in [0, 0.1) is 0 Å². The molecule has 1 N–H and O–H groups in total. The Morgan fingerprint density at radius 2 is 1.70 bits per heavy atom. The van der Waals surface area contributed by atoms with E-state index in [0.29, 0.717) is 0 Å². The Hall–Kier alpha value is -2.59. The molecule has 1 amide bonds. The third-order valence-electron chi connectivity index (χ3n) is 3.74. The lowest BCUT2D eigenvalue weighted by atomic mass is 10.2. The number of ether oxygens (including phenoxy) is 1. The Balaban J connectivity index is 1.57. The summed E-state index contributed by atoms with van der Waals surface area (Å²) in [6.45, 7) is 3.35. The number of rotatable bonds is 4. The minimum Gasteiger partial charge on any atom is -0.378 e. The summed E-state index contributed by atoms with van der Waals surface area (Å²) in [4.78, 5) is 14.2. The fourth-order valence-corrected chi connectivity index (χ4v) is 2.50. The molecule has 0 radical (unpaired) electrons. The number of nitrogens with zero attached hydrogens (tertiary/aromatic N) is 1. The van der Waals surface area contributed by atoms with E-state index in [1.807, 2.05) is 54.6 Å². The smallest absolute Gasteiger partial charge is 0.248 e. The van der Waals surface area contributed by atoms with Crippen LogP contribution < -0.4 is 10.2 Å². The standard InChI is InChI=1S/C19H20N2O2/c22-19(11-6-16-4-2-1-3-5-16)20-17-7-9-18(10-8-17)21-12-14-23-15-13-21/h1-11H,12-15H2,(H,20,22)/b11-6+. The summed E-state index contributed by atoms with van der Waals surface area (Å²) in [5.74, 6) is -0.132. The van der Waals surface area contributed by atoms with E-state index in [9.17, 15) is 4.79 Å². The second kappa shape index (κ2) is 7.61. The lowest BCUT2D eigenvalue weighted by Gasteiger charge is -2.28. The maximum atomic E-state index is 11.9. The lowest BCUT2D eigenvalue weighted by molar-refractivity contribution is -0.111. The first-order valence-corrected chi connectivity index (χ1v) is 7.78. The van der Waals surface area contributed by atoms with Crippen molar-refractivity contribution in [1.82, 2.24) is 0 Å². The molecule has 0 bridgehead atoms. The highest BCUT2D eigenvalue weighted by atomic mass is 16.5. The molecule has 23 heavy (non-hydrogen) atoms. The number of morpholine rings is 1. The van der Waals surface area contributed by atoms with Gasteiger partial charge in [0.05, 0.1) is 13.2 Å². The topological polar surface area (TPSA) is 41.6 Å². The molecule has 0 aliphatic carbocycles. The largest absolute Gasteiger partial charge is 0.378 e. The van der Waals surface area contributed by atoms with Crippen molar-refractivity contribution in [2.75, 3.05) is 36.5 Å². The molecule has 0 aromatic heterocycles. The maximum Gasteiger partial charge on any atom is 0.248 e. The molecular weight excluding hydrogens is 288 g/mol. The highest BCUT2D eigenvalue weighted by molar-refractivity contribution is 6.02. The number of carbonyl (C=O) groups excluding carboxylic acids is 1. The Kier molecular flexibility index (Phi) is 5.06. The van der Waals surface area contributed by atoms with Crippen molar-refractivity contribution in [2.24, 2.45) is 0 Å². The Bertz CT molecular complexity index is 660. The average molecular weight is 308 g/mol. The monoisotopic (exact) mass is 308 g/mol. The molecule has 4 nitrogen and oxygen atoms in total. The summed E-state index contributed by atoms with van der Waals surface area (Å²) in [6.07, 6.45) is 3.35. The molecule has 1 aliphatic rings. The van der Waals surface area contributed by atoms with E-state index in [1.54, 1.807) is 12.2 Å². The van der Waals surface area contributed by atoms with Gasteiger partial charge in [0.2, 0.25) is 5.91 Å². The van der Waals surface area contributed by atoms with Gasteiger partial charge in [-0.05, 0) is 35.9 Å². The van der Waals surface area contributed by atoms with Crippen molar-refractivity contribution in [2.45, 2.75) is 0 Å². The molecule has 3 rings (SSSR count). The van der Waals surface area contributed by atoms with Gasteiger partial charge in [-0.2, -0.15) is 0 Å². The minimum atomic E-state index is -0.132. The summed E-state index contributed by atoms with van der Waals surface area (Å²) in [5.41, 5.74) is 2.96. The minimum absolute atomic E-state index is 0.132. The van der Waals surface area contributed by atoms with Crippen molar-refractivity contribution >= 4 is 23.4 Å². The van der Waals surface area contributed by atoms with Crippen LogP contribution >= 0.6 is 0 Å². The first kappa shape index (κ1) is 15.3. The van der Waals surface area contributed by atoms with Crippen molar-refractivity contribution in [3.05, 3.63) is 66.2 Å². The highest BCUT2D eigenvalue weighted by Gasteiger charge is 2.10. The SMILES string of the molecule is O=C(/C=C/c1ccccc1)Nc1ccc(N2CCOCC2)cc1. The second-order valence-electron chi connectivity index (χ2n) is 5.38. The number of hydrogen-bond donors (Lipinski definition) is 1. The summed E-state index contributed by atoms with van der Waals surface area (Å²) in [6, 6.07) is 17.7. The van der Waals surface area contributed by atoms with Crippen molar-refractivity contribution in [3.63, 3.8) is 0 Å². The van der Waals surface area contributed by atoms with Crippen LogP contribution in [0.15, 0.2) is 60.7 Å². The van der Waals surface area contributed by atoms with E-state index in [4.69, 9.17) is 4.74 Å². The molecule has 118 valence electrons. The average Bonchev–Trinajstić information content (AvgIpc) is 2.62. The first-order valence-electron chi connectivity index (χ1n) is 7.78. The zero-order chi connectivity index (χ0) is 15.9. The van der Waals surface area contributed by atoms with Gasteiger partial charge in [0, 0.05) is 30.5 Å². The number of benzene rings is 2. The number of amides is 1. The quantitative estimate of drug-likeness (QED) is 0.882. The predicted octanol–water partition coefficient (Wildman–Crippen LogP) is 3.18. The molecule has 0 saturated carbocycles. The van der Waals surface area contributed by atoms with Gasteiger partial charge in [0.15, 0.2) is 0 Å². The zero-order valence-corrected chi connectivity index (χ0v) is 12.9.